The van der Waals surface area contributed by atoms with Crippen LogP contribution < -0.4 is 0 Å². The molecule has 2 heteroatoms. The third-order valence-electron chi connectivity index (χ3n) is 4.37. The van der Waals surface area contributed by atoms with Gasteiger partial charge in [-0.1, -0.05) is 85.5 Å². The lowest BCUT2D eigenvalue weighted by molar-refractivity contribution is 1.44. The van der Waals surface area contributed by atoms with Crippen LogP contribution in [0.3, 0.4) is 0 Å². The van der Waals surface area contributed by atoms with Crippen LogP contribution in [0.15, 0.2) is 96.4 Å². The molecular formula is C26H25NS. The second-order valence-corrected chi connectivity index (χ2v) is 6.88. The first-order valence-corrected chi connectivity index (χ1v) is 10.3. The minimum atomic E-state index is 1.16. The predicted octanol–water partition coefficient (Wildman–Crippen LogP) is 7.86. The first kappa shape index (κ1) is 21.3. The summed E-state index contributed by atoms with van der Waals surface area (Å²) in [5.41, 5.74) is 7.40. The Balaban J connectivity index is 0.000000878. The summed E-state index contributed by atoms with van der Waals surface area (Å²) in [4.78, 5) is 1.30. The molecule has 0 amide bonds. The first-order chi connectivity index (χ1) is 13.7. The zero-order valence-corrected chi connectivity index (χ0v) is 17.5. The highest BCUT2D eigenvalue weighted by molar-refractivity contribution is 7.98. The standard InChI is InChI=1S/C24H22S.C2H3N/c1-4-18(5-2)20-11-13-21(14-12-20)23-16-15-22(17-24(23)25-3)19-9-7-6-8-10-19;1-2-3/h4-17H,1H2,2-3H3;1H3/b18-5+;. The van der Waals surface area contributed by atoms with Crippen molar-refractivity contribution in [3.05, 3.63) is 97.1 Å². The van der Waals surface area contributed by atoms with Gasteiger partial charge in [0, 0.05) is 11.8 Å². The van der Waals surface area contributed by atoms with Crippen molar-refractivity contribution in [1.82, 2.24) is 0 Å². The average molecular weight is 384 g/mol. The van der Waals surface area contributed by atoms with Gasteiger partial charge < -0.3 is 0 Å². The molecular weight excluding hydrogens is 358 g/mol. The Morgan fingerprint density at radius 1 is 0.929 bits per heavy atom. The number of hydrogen-bond donors (Lipinski definition) is 0. The third-order valence-corrected chi connectivity index (χ3v) is 5.15. The van der Waals surface area contributed by atoms with E-state index >= 15 is 0 Å². The minimum Gasteiger partial charge on any atom is -0.199 e. The van der Waals surface area contributed by atoms with Gasteiger partial charge in [-0.05, 0) is 52.6 Å². The fraction of sp³-hybridized carbons (Fsp3) is 0.115. The summed E-state index contributed by atoms with van der Waals surface area (Å²) in [5.74, 6) is 0. The molecule has 0 aliphatic heterocycles. The normalized spacial score (nSPS) is 10.4. The Bertz CT molecular complexity index is 977. The first-order valence-electron chi connectivity index (χ1n) is 9.12. The lowest BCUT2D eigenvalue weighted by Crippen LogP contribution is -1.86. The number of thioether (sulfide) groups is 1. The molecule has 3 aromatic carbocycles. The second kappa shape index (κ2) is 11.0. The number of rotatable bonds is 5. The number of benzene rings is 3. The highest BCUT2D eigenvalue weighted by Gasteiger charge is 2.07. The van der Waals surface area contributed by atoms with Gasteiger partial charge in [-0.25, -0.2) is 0 Å². The van der Waals surface area contributed by atoms with Gasteiger partial charge in [0.1, 0.15) is 0 Å². The minimum absolute atomic E-state index is 1.16. The molecule has 0 aliphatic carbocycles. The molecule has 0 radical (unpaired) electrons. The van der Waals surface area contributed by atoms with Gasteiger partial charge in [-0.2, -0.15) is 5.26 Å². The van der Waals surface area contributed by atoms with Crippen LogP contribution in [-0.4, -0.2) is 6.26 Å². The Hall–Kier alpha value is -3.02. The van der Waals surface area contributed by atoms with Crippen molar-refractivity contribution in [2.75, 3.05) is 6.26 Å². The molecule has 3 rings (SSSR count). The van der Waals surface area contributed by atoms with Crippen LogP contribution in [0.1, 0.15) is 19.4 Å². The molecule has 0 unspecified atom stereocenters. The quantitative estimate of drug-likeness (QED) is 0.331. The maximum Gasteiger partial charge on any atom is 0.0587 e. The van der Waals surface area contributed by atoms with Gasteiger partial charge in [0.25, 0.3) is 0 Å². The van der Waals surface area contributed by atoms with Crippen LogP contribution in [0.4, 0.5) is 0 Å². The summed E-state index contributed by atoms with van der Waals surface area (Å²) >= 11 is 1.79. The van der Waals surface area contributed by atoms with E-state index in [1.807, 2.05) is 13.0 Å². The number of nitriles is 1. The van der Waals surface area contributed by atoms with Crippen molar-refractivity contribution < 1.29 is 0 Å². The molecule has 28 heavy (non-hydrogen) atoms. The van der Waals surface area contributed by atoms with E-state index in [0.717, 1.165) is 5.57 Å². The largest absolute Gasteiger partial charge is 0.199 e. The second-order valence-electron chi connectivity index (χ2n) is 6.03. The maximum atomic E-state index is 7.32. The smallest absolute Gasteiger partial charge is 0.0587 e. The molecule has 0 aromatic heterocycles. The maximum absolute atomic E-state index is 7.32. The molecule has 140 valence electrons. The van der Waals surface area contributed by atoms with E-state index in [1.165, 1.54) is 39.6 Å². The van der Waals surface area contributed by atoms with Gasteiger partial charge in [-0.15, -0.1) is 11.8 Å². The number of allylic oxidation sites excluding steroid dienone is 3. The lowest BCUT2D eigenvalue weighted by Gasteiger charge is -2.12. The van der Waals surface area contributed by atoms with Gasteiger partial charge in [-0.3, -0.25) is 0 Å². The molecule has 0 saturated heterocycles. The summed E-state index contributed by atoms with van der Waals surface area (Å²) in [6, 6.07) is 27.7. The van der Waals surface area contributed by atoms with Crippen molar-refractivity contribution in [2.45, 2.75) is 18.7 Å². The molecule has 0 atom stereocenters. The molecule has 0 saturated carbocycles. The Morgan fingerprint density at radius 2 is 1.54 bits per heavy atom. The van der Waals surface area contributed by atoms with E-state index < -0.39 is 0 Å². The monoisotopic (exact) mass is 383 g/mol. The summed E-state index contributed by atoms with van der Waals surface area (Å²) in [6.45, 7) is 7.35. The molecule has 0 heterocycles. The van der Waals surface area contributed by atoms with Crippen molar-refractivity contribution in [3.8, 4) is 28.3 Å². The van der Waals surface area contributed by atoms with Crippen molar-refractivity contribution in [2.24, 2.45) is 0 Å². The lowest BCUT2D eigenvalue weighted by atomic mass is 9.98. The van der Waals surface area contributed by atoms with Crippen molar-refractivity contribution in [3.63, 3.8) is 0 Å². The highest BCUT2D eigenvalue weighted by atomic mass is 32.2. The van der Waals surface area contributed by atoms with E-state index in [-0.39, 0.29) is 0 Å². The van der Waals surface area contributed by atoms with Crippen LogP contribution in [0.5, 0.6) is 0 Å². The SMILES string of the molecule is C=C/C(=C\C)c1ccc(-c2ccc(-c3ccccc3)cc2SC)cc1.CC#N. The van der Waals surface area contributed by atoms with E-state index in [1.54, 1.807) is 17.8 Å². The zero-order valence-electron chi connectivity index (χ0n) is 16.6. The molecule has 0 spiro atoms. The van der Waals surface area contributed by atoms with Crippen LogP contribution >= 0.6 is 11.8 Å². The topological polar surface area (TPSA) is 23.8 Å². The third kappa shape index (κ3) is 5.25. The van der Waals surface area contributed by atoms with Gasteiger partial charge in [0.2, 0.25) is 0 Å². The molecule has 1 nitrogen and oxygen atoms in total. The summed E-state index contributed by atoms with van der Waals surface area (Å²) in [6.07, 6.45) is 6.12. The fourth-order valence-corrected chi connectivity index (χ4v) is 3.64. The van der Waals surface area contributed by atoms with Crippen LogP contribution in [0.25, 0.3) is 27.8 Å². The summed E-state index contributed by atoms with van der Waals surface area (Å²) in [7, 11) is 0. The Kier molecular flexibility index (Phi) is 8.34. The number of hydrogen-bond acceptors (Lipinski definition) is 2. The predicted molar refractivity (Wildman–Crippen MR) is 124 cm³/mol. The van der Waals surface area contributed by atoms with E-state index in [2.05, 4.69) is 91.7 Å². The van der Waals surface area contributed by atoms with Gasteiger partial charge >= 0.3 is 0 Å². The summed E-state index contributed by atoms with van der Waals surface area (Å²) in [5, 5.41) is 7.32. The molecule has 0 bridgehead atoms. The van der Waals surface area contributed by atoms with Crippen LogP contribution in [0.2, 0.25) is 0 Å². The Labute approximate surface area is 173 Å². The Morgan fingerprint density at radius 3 is 2.07 bits per heavy atom. The molecule has 3 aromatic rings. The van der Waals surface area contributed by atoms with E-state index in [0.29, 0.717) is 0 Å². The van der Waals surface area contributed by atoms with Crippen LogP contribution in [0, 0.1) is 11.3 Å². The van der Waals surface area contributed by atoms with E-state index in [9.17, 15) is 0 Å². The van der Waals surface area contributed by atoms with Crippen molar-refractivity contribution >= 4 is 17.3 Å². The number of nitrogens with zero attached hydrogens (tertiary/aromatic N) is 1. The van der Waals surface area contributed by atoms with Crippen molar-refractivity contribution in [1.29, 1.82) is 5.26 Å². The molecule has 0 N–H and O–H groups in total. The zero-order chi connectivity index (χ0) is 20.4. The summed E-state index contributed by atoms with van der Waals surface area (Å²) < 4.78 is 0. The average Bonchev–Trinajstić information content (AvgIpc) is 2.76. The van der Waals surface area contributed by atoms with Gasteiger partial charge in [0.15, 0.2) is 0 Å². The fourth-order valence-electron chi connectivity index (χ4n) is 2.98. The molecule has 0 aliphatic rings. The molecule has 0 fully saturated rings. The van der Waals surface area contributed by atoms with Crippen LogP contribution in [-0.2, 0) is 0 Å². The highest BCUT2D eigenvalue weighted by Crippen LogP contribution is 2.34. The van der Waals surface area contributed by atoms with E-state index in [4.69, 9.17) is 5.26 Å². The van der Waals surface area contributed by atoms with Gasteiger partial charge in [0.05, 0.1) is 6.07 Å².